The molecule has 0 aliphatic rings. The molecule has 0 saturated carbocycles. The number of carbonyl (C=O) groups excluding carboxylic acids is 1. The largest absolute Gasteiger partial charge is 0.493 e. The first-order valence-corrected chi connectivity index (χ1v) is 9.85. The van der Waals surface area contributed by atoms with Gasteiger partial charge in [0.25, 0.3) is 0 Å². The lowest BCUT2D eigenvalue weighted by Gasteiger charge is -2.17. The van der Waals surface area contributed by atoms with Crippen molar-refractivity contribution in [2.75, 3.05) is 13.7 Å². The van der Waals surface area contributed by atoms with Crippen molar-refractivity contribution in [1.29, 1.82) is 5.26 Å². The minimum absolute atomic E-state index is 0.0693. The average molecular weight is 413 g/mol. The van der Waals surface area contributed by atoms with Crippen LogP contribution in [0.5, 0.6) is 11.5 Å². The van der Waals surface area contributed by atoms with Gasteiger partial charge in [-0.1, -0.05) is 66.7 Å². The Hall–Kier alpha value is -4.04. The van der Waals surface area contributed by atoms with Gasteiger partial charge in [0, 0.05) is 12.5 Å². The number of hydrogen-bond acceptors (Lipinski definition) is 5. The van der Waals surface area contributed by atoms with Gasteiger partial charge in [-0.05, 0) is 34.9 Å². The monoisotopic (exact) mass is 413 g/mol. The molecular weight excluding hydrogens is 390 g/mol. The van der Waals surface area contributed by atoms with Crippen molar-refractivity contribution >= 4 is 12.0 Å². The first-order chi connectivity index (χ1) is 15.2. The summed E-state index contributed by atoms with van der Waals surface area (Å²) in [4.78, 5) is 12.6. The molecule has 5 nitrogen and oxygen atoms in total. The summed E-state index contributed by atoms with van der Waals surface area (Å²) in [5.41, 5.74) is 2.78. The maximum Gasteiger partial charge on any atom is 0.331 e. The molecule has 0 aliphatic carbocycles. The van der Waals surface area contributed by atoms with Crippen LogP contribution < -0.4 is 9.47 Å². The third kappa shape index (κ3) is 6.48. The van der Waals surface area contributed by atoms with E-state index in [0.717, 1.165) is 16.7 Å². The molecule has 0 bridgehead atoms. The van der Waals surface area contributed by atoms with Crippen molar-refractivity contribution < 1.29 is 19.0 Å². The highest BCUT2D eigenvalue weighted by Crippen LogP contribution is 2.28. The van der Waals surface area contributed by atoms with Crippen molar-refractivity contribution in [3.63, 3.8) is 0 Å². The summed E-state index contributed by atoms with van der Waals surface area (Å²) < 4.78 is 16.4. The molecule has 3 rings (SSSR count). The summed E-state index contributed by atoms with van der Waals surface area (Å²) in [5.74, 6) is 0.515. The van der Waals surface area contributed by atoms with Gasteiger partial charge in [0.2, 0.25) is 0 Å². The SMILES string of the molecule is COc1cc(C=CC(=O)OC(Cc2ccccc2)c2ccccc2)ccc1OCC#N. The fourth-order valence-electron chi connectivity index (χ4n) is 3.08. The van der Waals surface area contributed by atoms with E-state index in [9.17, 15) is 4.79 Å². The number of nitrogens with zero attached hydrogens (tertiary/aromatic N) is 1. The topological polar surface area (TPSA) is 68.6 Å². The van der Waals surface area contributed by atoms with E-state index >= 15 is 0 Å². The maximum absolute atomic E-state index is 12.6. The Morgan fingerprint density at radius 3 is 2.39 bits per heavy atom. The maximum atomic E-state index is 12.6. The van der Waals surface area contributed by atoms with Gasteiger partial charge in [-0.25, -0.2) is 4.79 Å². The zero-order valence-corrected chi connectivity index (χ0v) is 17.2. The second-order valence-corrected chi connectivity index (χ2v) is 6.72. The molecule has 0 aromatic heterocycles. The van der Waals surface area contributed by atoms with Gasteiger partial charge < -0.3 is 14.2 Å². The van der Waals surface area contributed by atoms with Crippen LogP contribution in [0.3, 0.4) is 0 Å². The van der Waals surface area contributed by atoms with Crippen LogP contribution in [0.4, 0.5) is 0 Å². The molecule has 3 aromatic carbocycles. The van der Waals surface area contributed by atoms with E-state index in [4.69, 9.17) is 19.5 Å². The molecule has 0 radical (unpaired) electrons. The van der Waals surface area contributed by atoms with Gasteiger partial charge in [0.05, 0.1) is 7.11 Å². The summed E-state index contributed by atoms with van der Waals surface area (Å²) >= 11 is 0. The summed E-state index contributed by atoms with van der Waals surface area (Å²) in [5, 5.41) is 8.66. The molecule has 0 amide bonds. The predicted molar refractivity (Wildman–Crippen MR) is 119 cm³/mol. The van der Waals surface area contributed by atoms with Gasteiger partial charge in [0.1, 0.15) is 12.2 Å². The number of methoxy groups -OCH3 is 1. The first kappa shape index (κ1) is 21.7. The third-order valence-electron chi connectivity index (χ3n) is 4.59. The summed E-state index contributed by atoms with van der Waals surface area (Å²) in [6.45, 7) is -0.0693. The second-order valence-electron chi connectivity index (χ2n) is 6.72. The Bertz CT molecular complexity index is 1060. The average Bonchev–Trinajstić information content (AvgIpc) is 2.82. The first-order valence-electron chi connectivity index (χ1n) is 9.85. The molecule has 5 heteroatoms. The molecule has 0 N–H and O–H groups in total. The van der Waals surface area contributed by atoms with Crippen molar-refractivity contribution in [3.05, 3.63) is 102 Å². The van der Waals surface area contributed by atoms with E-state index in [1.54, 1.807) is 24.3 Å². The molecule has 156 valence electrons. The van der Waals surface area contributed by atoms with Crippen LogP contribution in [0.1, 0.15) is 22.8 Å². The molecule has 3 aromatic rings. The van der Waals surface area contributed by atoms with Gasteiger partial charge >= 0.3 is 5.97 Å². The van der Waals surface area contributed by atoms with Gasteiger partial charge in [0.15, 0.2) is 18.1 Å². The molecule has 1 atom stereocenters. The quantitative estimate of drug-likeness (QED) is 0.359. The van der Waals surface area contributed by atoms with Crippen LogP contribution in [0.2, 0.25) is 0 Å². The van der Waals surface area contributed by atoms with E-state index in [-0.39, 0.29) is 6.61 Å². The Labute approximate surface area is 182 Å². The predicted octanol–water partition coefficient (Wildman–Crippen LogP) is 5.14. The van der Waals surface area contributed by atoms with E-state index in [0.29, 0.717) is 17.9 Å². The molecule has 0 spiro atoms. The minimum atomic E-state index is -0.437. The lowest BCUT2D eigenvalue weighted by atomic mass is 10.0. The smallest absolute Gasteiger partial charge is 0.331 e. The molecule has 0 fully saturated rings. The fourth-order valence-corrected chi connectivity index (χ4v) is 3.08. The summed E-state index contributed by atoms with van der Waals surface area (Å²) in [6, 6.07) is 26.8. The highest BCUT2D eigenvalue weighted by Gasteiger charge is 2.16. The third-order valence-corrected chi connectivity index (χ3v) is 4.59. The number of ether oxygens (including phenoxy) is 3. The zero-order chi connectivity index (χ0) is 21.9. The van der Waals surface area contributed by atoms with Gasteiger partial charge in [-0.3, -0.25) is 0 Å². The number of benzene rings is 3. The van der Waals surface area contributed by atoms with Gasteiger partial charge in [-0.15, -0.1) is 0 Å². The molecule has 0 heterocycles. The fraction of sp³-hybridized carbons (Fsp3) is 0.154. The number of esters is 1. The lowest BCUT2D eigenvalue weighted by molar-refractivity contribution is -0.143. The van der Waals surface area contributed by atoms with Crippen LogP contribution in [0.25, 0.3) is 6.08 Å². The van der Waals surface area contributed by atoms with Gasteiger partial charge in [-0.2, -0.15) is 5.26 Å². The number of carbonyl (C=O) groups is 1. The Balaban J connectivity index is 1.72. The van der Waals surface area contributed by atoms with Crippen LogP contribution in [-0.4, -0.2) is 19.7 Å². The highest BCUT2D eigenvalue weighted by molar-refractivity contribution is 5.87. The summed E-state index contributed by atoms with van der Waals surface area (Å²) in [6.07, 6.45) is 3.25. The van der Waals surface area contributed by atoms with Crippen LogP contribution in [-0.2, 0) is 16.0 Å². The standard InChI is InChI=1S/C26H23NO4/c1-29-25-19-21(12-14-23(25)30-17-16-27)13-15-26(28)31-24(22-10-6-3-7-11-22)18-20-8-4-2-5-9-20/h2-15,19,24H,17-18H2,1H3. The second kappa shape index (κ2) is 11.2. The van der Waals surface area contributed by atoms with E-state index in [2.05, 4.69) is 0 Å². The highest BCUT2D eigenvalue weighted by atomic mass is 16.5. The van der Waals surface area contributed by atoms with Crippen molar-refractivity contribution in [2.45, 2.75) is 12.5 Å². The number of hydrogen-bond donors (Lipinski definition) is 0. The van der Waals surface area contributed by atoms with E-state index in [1.807, 2.05) is 66.7 Å². The summed E-state index contributed by atoms with van der Waals surface area (Å²) in [7, 11) is 1.52. The zero-order valence-electron chi connectivity index (χ0n) is 17.2. The normalized spacial score (nSPS) is 11.5. The van der Waals surface area contributed by atoms with Crippen molar-refractivity contribution in [3.8, 4) is 17.6 Å². The van der Waals surface area contributed by atoms with E-state index < -0.39 is 12.1 Å². The van der Waals surface area contributed by atoms with Crippen molar-refractivity contribution in [2.24, 2.45) is 0 Å². The molecule has 0 saturated heterocycles. The van der Waals surface area contributed by atoms with E-state index in [1.165, 1.54) is 13.2 Å². The number of nitriles is 1. The lowest BCUT2D eigenvalue weighted by Crippen LogP contribution is -2.12. The Kier molecular flexibility index (Phi) is 7.84. The van der Waals surface area contributed by atoms with Crippen LogP contribution >= 0.6 is 0 Å². The molecule has 1 unspecified atom stereocenters. The number of rotatable bonds is 9. The van der Waals surface area contributed by atoms with Crippen LogP contribution in [0, 0.1) is 11.3 Å². The Morgan fingerprint density at radius 1 is 1.00 bits per heavy atom. The molecule has 0 aliphatic heterocycles. The van der Waals surface area contributed by atoms with Crippen LogP contribution in [0.15, 0.2) is 84.9 Å². The minimum Gasteiger partial charge on any atom is -0.493 e. The molecule has 31 heavy (non-hydrogen) atoms. The Morgan fingerprint density at radius 2 is 1.71 bits per heavy atom. The molecular formula is C26H23NO4. The van der Waals surface area contributed by atoms with Crippen molar-refractivity contribution in [1.82, 2.24) is 0 Å².